The summed E-state index contributed by atoms with van der Waals surface area (Å²) in [6, 6.07) is 3.63. The van der Waals surface area contributed by atoms with Crippen LogP contribution in [0, 0.1) is 5.92 Å². The Balaban J connectivity index is 2.24. The van der Waals surface area contributed by atoms with Crippen molar-refractivity contribution in [1.82, 2.24) is 14.6 Å². The Labute approximate surface area is 118 Å². The molecular weight excluding hydrogens is 262 g/mol. The molecular formula is C13H20ClN5. The third kappa shape index (κ3) is 3.36. The quantitative estimate of drug-likeness (QED) is 0.884. The van der Waals surface area contributed by atoms with Crippen molar-refractivity contribution in [3.63, 3.8) is 0 Å². The van der Waals surface area contributed by atoms with Crippen LogP contribution in [-0.2, 0) is 0 Å². The molecule has 5 nitrogen and oxygen atoms in total. The lowest BCUT2D eigenvalue weighted by atomic mass is 9.91. The predicted molar refractivity (Wildman–Crippen MR) is 78.5 cm³/mol. The minimum atomic E-state index is -0.205. The van der Waals surface area contributed by atoms with E-state index in [1.807, 2.05) is 6.07 Å². The van der Waals surface area contributed by atoms with E-state index in [0.29, 0.717) is 23.4 Å². The van der Waals surface area contributed by atoms with Gasteiger partial charge in [0.1, 0.15) is 0 Å². The Morgan fingerprint density at radius 2 is 2.21 bits per heavy atom. The van der Waals surface area contributed by atoms with Gasteiger partial charge in [-0.1, -0.05) is 25.4 Å². The van der Waals surface area contributed by atoms with Crippen LogP contribution < -0.4 is 11.1 Å². The summed E-state index contributed by atoms with van der Waals surface area (Å²) in [6.45, 7) is 6.96. The van der Waals surface area contributed by atoms with Crippen LogP contribution in [0.15, 0.2) is 18.3 Å². The molecule has 0 saturated carbocycles. The SMILES string of the molecule is CC(C)CC(C)(CN)Nc1nc2ccc(Cl)cn2n1. The van der Waals surface area contributed by atoms with Crippen molar-refractivity contribution in [1.29, 1.82) is 0 Å². The van der Waals surface area contributed by atoms with Crippen LogP contribution in [0.3, 0.4) is 0 Å². The molecule has 0 spiro atoms. The fourth-order valence-corrected chi connectivity index (χ4v) is 2.42. The molecule has 0 amide bonds. The van der Waals surface area contributed by atoms with E-state index in [4.69, 9.17) is 17.3 Å². The zero-order chi connectivity index (χ0) is 14.0. The summed E-state index contributed by atoms with van der Waals surface area (Å²) in [7, 11) is 0. The zero-order valence-electron chi connectivity index (χ0n) is 11.5. The van der Waals surface area contributed by atoms with Gasteiger partial charge < -0.3 is 11.1 Å². The first-order valence-corrected chi connectivity index (χ1v) is 6.80. The molecule has 0 aliphatic rings. The smallest absolute Gasteiger partial charge is 0.243 e. The Hall–Kier alpha value is -1.33. The molecule has 0 aliphatic carbocycles. The lowest BCUT2D eigenvalue weighted by Gasteiger charge is -2.30. The molecule has 0 radical (unpaired) electrons. The summed E-state index contributed by atoms with van der Waals surface area (Å²) in [5.41, 5.74) is 6.43. The second-order valence-corrected chi connectivity index (χ2v) is 6.01. The van der Waals surface area contributed by atoms with Crippen molar-refractivity contribution in [2.75, 3.05) is 11.9 Å². The number of hydrogen-bond donors (Lipinski definition) is 2. The summed E-state index contributed by atoms with van der Waals surface area (Å²) in [6.07, 6.45) is 2.69. The lowest BCUT2D eigenvalue weighted by molar-refractivity contribution is 0.405. The molecule has 104 valence electrons. The fraction of sp³-hybridized carbons (Fsp3) is 0.538. The largest absolute Gasteiger partial charge is 0.346 e. The van der Waals surface area contributed by atoms with Gasteiger partial charge in [-0.25, -0.2) is 4.52 Å². The highest BCUT2D eigenvalue weighted by molar-refractivity contribution is 6.30. The molecule has 2 heterocycles. The van der Waals surface area contributed by atoms with Gasteiger partial charge in [0, 0.05) is 18.3 Å². The maximum Gasteiger partial charge on any atom is 0.243 e. The fourth-order valence-electron chi connectivity index (χ4n) is 2.27. The van der Waals surface area contributed by atoms with Gasteiger partial charge >= 0.3 is 0 Å². The molecule has 2 rings (SSSR count). The molecule has 0 aliphatic heterocycles. The predicted octanol–water partition coefficient (Wildman–Crippen LogP) is 2.56. The van der Waals surface area contributed by atoms with E-state index in [1.165, 1.54) is 0 Å². The van der Waals surface area contributed by atoms with E-state index in [0.717, 1.165) is 12.1 Å². The number of aromatic nitrogens is 3. The number of anilines is 1. The first-order chi connectivity index (χ1) is 8.92. The third-order valence-electron chi connectivity index (χ3n) is 3.02. The minimum absolute atomic E-state index is 0.205. The minimum Gasteiger partial charge on any atom is -0.346 e. The number of nitrogens with zero attached hydrogens (tertiary/aromatic N) is 3. The molecule has 1 unspecified atom stereocenters. The monoisotopic (exact) mass is 281 g/mol. The molecule has 2 aromatic rings. The standard InChI is InChI=1S/C13H20ClN5/c1-9(2)6-13(3,8-15)17-12-16-11-5-4-10(14)7-19(11)18-12/h4-5,7,9H,6,8,15H2,1-3H3,(H,17,18). The number of rotatable bonds is 5. The van der Waals surface area contributed by atoms with Crippen LogP contribution in [0.2, 0.25) is 5.02 Å². The Morgan fingerprint density at radius 3 is 2.84 bits per heavy atom. The van der Waals surface area contributed by atoms with Crippen LogP contribution in [0.1, 0.15) is 27.2 Å². The highest BCUT2D eigenvalue weighted by Gasteiger charge is 2.25. The highest BCUT2D eigenvalue weighted by atomic mass is 35.5. The molecule has 0 saturated heterocycles. The van der Waals surface area contributed by atoms with Gasteiger partial charge in [-0.15, -0.1) is 5.10 Å². The van der Waals surface area contributed by atoms with Gasteiger partial charge in [0.15, 0.2) is 5.65 Å². The van der Waals surface area contributed by atoms with Crippen molar-refractivity contribution < 1.29 is 0 Å². The first-order valence-electron chi connectivity index (χ1n) is 6.42. The topological polar surface area (TPSA) is 68.2 Å². The molecule has 0 fully saturated rings. The van der Waals surface area contributed by atoms with E-state index >= 15 is 0 Å². The van der Waals surface area contributed by atoms with Crippen LogP contribution >= 0.6 is 11.6 Å². The molecule has 0 aromatic carbocycles. The number of pyridine rings is 1. The van der Waals surface area contributed by atoms with E-state index in [9.17, 15) is 0 Å². The van der Waals surface area contributed by atoms with Crippen LogP contribution in [0.25, 0.3) is 5.65 Å². The lowest BCUT2D eigenvalue weighted by Crippen LogP contribution is -2.44. The average Bonchev–Trinajstić information content (AvgIpc) is 2.68. The Morgan fingerprint density at radius 1 is 1.47 bits per heavy atom. The van der Waals surface area contributed by atoms with Gasteiger partial charge in [-0.2, -0.15) is 4.98 Å². The van der Waals surface area contributed by atoms with Crippen molar-refractivity contribution in [3.05, 3.63) is 23.4 Å². The van der Waals surface area contributed by atoms with Gasteiger partial charge in [0.2, 0.25) is 5.95 Å². The van der Waals surface area contributed by atoms with Gasteiger partial charge in [0.25, 0.3) is 0 Å². The van der Waals surface area contributed by atoms with Crippen molar-refractivity contribution in [2.24, 2.45) is 11.7 Å². The number of nitrogens with two attached hydrogens (primary N) is 1. The average molecular weight is 282 g/mol. The maximum atomic E-state index is 5.93. The number of halogens is 1. The summed E-state index contributed by atoms with van der Waals surface area (Å²) in [4.78, 5) is 4.42. The number of fused-ring (bicyclic) bond motifs is 1. The molecule has 3 N–H and O–H groups in total. The van der Waals surface area contributed by atoms with E-state index in [1.54, 1.807) is 16.8 Å². The Bertz CT molecular complexity index is 565. The maximum absolute atomic E-state index is 5.93. The van der Waals surface area contributed by atoms with Crippen molar-refractivity contribution in [2.45, 2.75) is 32.7 Å². The molecule has 1 atom stereocenters. The third-order valence-corrected chi connectivity index (χ3v) is 3.24. The van der Waals surface area contributed by atoms with E-state index in [2.05, 4.69) is 36.2 Å². The van der Waals surface area contributed by atoms with Crippen molar-refractivity contribution in [3.8, 4) is 0 Å². The Kier molecular flexibility index (Phi) is 3.96. The number of hydrogen-bond acceptors (Lipinski definition) is 4. The summed E-state index contributed by atoms with van der Waals surface area (Å²) < 4.78 is 1.66. The second-order valence-electron chi connectivity index (χ2n) is 5.57. The summed E-state index contributed by atoms with van der Waals surface area (Å²) in [5.74, 6) is 1.13. The van der Waals surface area contributed by atoms with Gasteiger partial charge in [0.05, 0.1) is 5.02 Å². The zero-order valence-corrected chi connectivity index (χ0v) is 12.3. The summed E-state index contributed by atoms with van der Waals surface area (Å²) in [5, 5.41) is 8.33. The van der Waals surface area contributed by atoms with Gasteiger partial charge in [-0.05, 0) is 31.4 Å². The highest BCUT2D eigenvalue weighted by Crippen LogP contribution is 2.20. The molecule has 19 heavy (non-hydrogen) atoms. The molecule has 6 heteroatoms. The summed E-state index contributed by atoms with van der Waals surface area (Å²) >= 11 is 5.93. The molecule has 0 bridgehead atoms. The first kappa shape index (κ1) is 14.1. The van der Waals surface area contributed by atoms with E-state index < -0.39 is 0 Å². The van der Waals surface area contributed by atoms with Crippen LogP contribution in [-0.4, -0.2) is 26.7 Å². The van der Waals surface area contributed by atoms with Crippen molar-refractivity contribution >= 4 is 23.2 Å². The second kappa shape index (κ2) is 5.35. The van der Waals surface area contributed by atoms with Crippen LogP contribution in [0.5, 0.6) is 0 Å². The van der Waals surface area contributed by atoms with Gasteiger partial charge in [-0.3, -0.25) is 0 Å². The molecule has 2 aromatic heterocycles. The van der Waals surface area contributed by atoms with Crippen LogP contribution in [0.4, 0.5) is 5.95 Å². The number of nitrogens with one attached hydrogen (secondary N) is 1. The normalized spacial score (nSPS) is 14.8. The van der Waals surface area contributed by atoms with E-state index in [-0.39, 0.29) is 5.54 Å².